The summed E-state index contributed by atoms with van der Waals surface area (Å²) in [5.41, 5.74) is 10.5. The van der Waals surface area contributed by atoms with Gasteiger partial charge in [0.2, 0.25) is 0 Å². The monoisotopic (exact) mass is 761 g/mol. The maximum atomic E-state index is 8.00. The molecule has 0 aliphatic heterocycles. The van der Waals surface area contributed by atoms with Crippen molar-refractivity contribution >= 4 is 82.6 Å². The molecule has 0 radical (unpaired) electrons. The molecule has 0 atom stereocenters. The summed E-state index contributed by atoms with van der Waals surface area (Å²) in [6.45, 7) is 8.00. The number of hydrogen-bond acceptors (Lipinski definition) is 0. The van der Waals surface area contributed by atoms with Gasteiger partial charge in [-0.05, 0) is 0 Å². The third kappa shape index (κ3) is 4.85. The Kier molecular flexibility index (Phi) is 7.32. The summed E-state index contributed by atoms with van der Waals surface area (Å²) in [6.07, 6.45) is 0. The molecule has 0 aliphatic rings. The van der Waals surface area contributed by atoms with Gasteiger partial charge in [-0.3, -0.25) is 0 Å². The second-order valence-corrected chi connectivity index (χ2v) is 16.4. The average Bonchev–Trinajstić information content (AvgIpc) is 3.63. The van der Waals surface area contributed by atoms with Crippen LogP contribution in [0.4, 0.5) is 5.69 Å². The van der Waals surface area contributed by atoms with Crippen LogP contribution in [0.1, 0.15) is 0 Å². The van der Waals surface area contributed by atoms with Crippen LogP contribution < -0.4 is 0 Å². The van der Waals surface area contributed by atoms with E-state index in [2.05, 4.69) is 175 Å². The Labute approximate surface area is 324 Å². The van der Waals surface area contributed by atoms with E-state index in [0.717, 1.165) is 11.1 Å². The summed E-state index contributed by atoms with van der Waals surface area (Å²) < 4.78 is 2.85. The molecule has 0 amide bonds. The molecule has 0 N–H and O–H groups in total. The molecule has 0 bridgehead atoms. The molecule has 0 spiro atoms. The van der Waals surface area contributed by atoms with E-state index in [1.165, 1.54) is 95.8 Å². The molecule has 1 heterocycles. The molecule has 10 aromatic carbocycles. The molecule has 11 rings (SSSR count). The first kappa shape index (κ1) is 31.7. The fourth-order valence-electron chi connectivity index (χ4n) is 9.00. The van der Waals surface area contributed by atoms with Crippen molar-refractivity contribution in [3.05, 3.63) is 199 Å². The van der Waals surface area contributed by atoms with E-state index >= 15 is 0 Å². The van der Waals surface area contributed by atoms with Gasteiger partial charge in [-0.15, -0.1) is 0 Å². The van der Waals surface area contributed by atoms with Gasteiger partial charge in [0.15, 0.2) is 0 Å². The topological polar surface area (TPSA) is 4.36 Å². The van der Waals surface area contributed by atoms with E-state index in [1.54, 1.807) is 0 Å². The molecule has 254 valence electrons. The third-order valence-corrected chi connectivity index (χ3v) is 13.8. The van der Waals surface area contributed by atoms with E-state index < -0.39 is 0 Å². The van der Waals surface area contributed by atoms with Gasteiger partial charge in [-0.25, -0.2) is 0 Å². The molecule has 0 saturated heterocycles. The molecule has 1 nitrogen and oxygen atoms in total. The van der Waals surface area contributed by atoms with E-state index in [-0.39, 0.29) is 14.5 Å². The van der Waals surface area contributed by atoms with Crippen LogP contribution in [-0.2, 0) is 0 Å². The maximum absolute atomic E-state index is 8.00. The van der Waals surface area contributed by atoms with Gasteiger partial charge >= 0.3 is 327 Å². The van der Waals surface area contributed by atoms with E-state index in [0.29, 0.717) is 5.69 Å². The molecule has 55 heavy (non-hydrogen) atoms. The average molecular weight is 761 g/mol. The molecular formula is C53H31NSe. The zero-order valence-electron chi connectivity index (χ0n) is 29.8. The Hall–Kier alpha value is -6.75. The number of benzene rings is 10. The summed E-state index contributed by atoms with van der Waals surface area (Å²) in [4.78, 5) is 3.94. The molecule has 0 unspecified atom stereocenters. The summed E-state index contributed by atoms with van der Waals surface area (Å²) in [5.74, 6) is 0. The van der Waals surface area contributed by atoms with Gasteiger partial charge in [0.1, 0.15) is 0 Å². The van der Waals surface area contributed by atoms with Crippen molar-refractivity contribution in [2.75, 3.05) is 0 Å². The molecule has 0 fully saturated rings. The first-order valence-electron chi connectivity index (χ1n) is 18.6. The van der Waals surface area contributed by atoms with Crippen LogP contribution in [-0.4, -0.2) is 14.5 Å². The number of rotatable bonds is 4. The fourth-order valence-corrected chi connectivity index (χ4v) is 11.6. The molecule has 0 aliphatic carbocycles. The molecule has 11 aromatic rings. The molecule has 1 aromatic heterocycles. The van der Waals surface area contributed by atoms with Crippen LogP contribution in [0.3, 0.4) is 0 Å². The standard InChI is InChI=1S/C53H31NSe/c1-54-47-29-14-13-26-45(47)51-40-22-9-11-24-42(40)52(43-25-12-10-23-41(43)51)46-28-15-27-44-35-31-30-34(32-48(35)55-53(44)46)50-38-20-7-5-18-36(38)49(33-16-3-2-4-17-33)37-19-6-8-21-39(37)50/h2-32H. The third-order valence-electron chi connectivity index (χ3n) is 11.3. The minimum absolute atomic E-state index is 0.0877. The van der Waals surface area contributed by atoms with Crippen LogP contribution >= 0.6 is 0 Å². The van der Waals surface area contributed by atoms with Gasteiger partial charge in [0.25, 0.3) is 0 Å². The van der Waals surface area contributed by atoms with Crippen LogP contribution in [0.5, 0.6) is 0 Å². The Morgan fingerprint density at radius 3 is 1.33 bits per heavy atom. The summed E-state index contributed by atoms with van der Waals surface area (Å²) in [5, 5.41) is 12.6. The van der Waals surface area contributed by atoms with Crippen molar-refractivity contribution in [2.24, 2.45) is 0 Å². The minimum atomic E-state index is 0.0877. The van der Waals surface area contributed by atoms with Gasteiger partial charge in [0.05, 0.1) is 0 Å². The fraction of sp³-hybridized carbons (Fsp3) is 0. The van der Waals surface area contributed by atoms with Gasteiger partial charge in [-0.1, -0.05) is 0 Å². The predicted octanol–water partition coefficient (Wildman–Crippen LogP) is 14.9. The van der Waals surface area contributed by atoms with Crippen molar-refractivity contribution in [3.8, 4) is 44.5 Å². The first-order chi connectivity index (χ1) is 27.3. The number of fused-ring (bicyclic) bond motifs is 7. The van der Waals surface area contributed by atoms with Gasteiger partial charge in [-0.2, -0.15) is 0 Å². The summed E-state index contributed by atoms with van der Waals surface area (Å²) in [7, 11) is 0. The Morgan fingerprint density at radius 1 is 0.327 bits per heavy atom. The molecular weight excluding hydrogens is 730 g/mol. The van der Waals surface area contributed by atoms with Crippen molar-refractivity contribution < 1.29 is 0 Å². The quantitative estimate of drug-likeness (QED) is 0.0956. The zero-order valence-corrected chi connectivity index (χ0v) is 31.5. The molecule has 2 heteroatoms. The molecule has 0 saturated carbocycles. The van der Waals surface area contributed by atoms with E-state index in [4.69, 9.17) is 6.57 Å². The van der Waals surface area contributed by atoms with Gasteiger partial charge < -0.3 is 0 Å². The van der Waals surface area contributed by atoms with Crippen molar-refractivity contribution in [2.45, 2.75) is 0 Å². The Balaban J connectivity index is 1.18. The van der Waals surface area contributed by atoms with Crippen LogP contribution in [0, 0.1) is 6.57 Å². The summed E-state index contributed by atoms with van der Waals surface area (Å²) in [6, 6.07) is 68.3. The normalized spacial score (nSPS) is 11.6. The van der Waals surface area contributed by atoms with Crippen molar-refractivity contribution in [1.82, 2.24) is 0 Å². The number of hydrogen-bond donors (Lipinski definition) is 0. The SMILES string of the molecule is [C-]#[N+]c1ccccc1-c1c2ccccc2c(-c2cccc3c2[se]c2cc(-c4c5ccccc5c(-c5ccccc5)c5ccccc45)ccc23)c2ccccc12. The van der Waals surface area contributed by atoms with E-state index in [1.807, 2.05) is 18.2 Å². The van der Waals surface area contributed by atoms with Crippen LogP contribution in [0.25, 0.3) is 112 Å². The predicted molar refractivity (Wildman–Crippen MR) is 236 cm³/mol. The number of para-hydroxylation sites is 1. The van der Waals surface area contributed by atoms with Gasteiger partial charge in [0, 0.05) is 0 Å². The van der Waals surface area contributed by atoms with Crippen molar-refractivity contribution in [1.29, 1.82) is 0 Å². The zero-order chi connectivity index (χ0) is 36.5. The second kappa shape index (κ2) is 12.7. The second-order valence-electron chi connectivity index (χ2n) is 14.2. The summed E-state index contributed by atoms with van der Waals surface area (Å²) >= 11 is 0.0877. The van der Waals surface area contributed by atoms with E-state index in [9.17, 15) is 0 Å². The van der Waals surface area contributed by atoms with Crippen LogP contribution in [0.15, 0.2) is 188 Å². The Morgan fingerprint density at radius 2 is 0.764 bits per heavy atom. The van der Waals surface area contributed by atoms with Crippen molar-refractivity contribution in [3.63, 3.8) is 0 Å². The first-order valence-corrected chi connectivity index (χ1v) is 20.3. The number of nitrogens with zero attached hydrogens (tertiary/aromatic N) is 1. The van der Waals surface area contributed by atoms with Crippen LogP contribution in [0.2, 0.25) is 0 Å². The Bertz CT molecular complexity index is 3270.